The van der Waals surface area contributed by atoms with Crippen LogP contribution in [0.4, 0.5) is 4.39 Å². The average molecular weight is 338 g/mol. The summed E-state index contributed by atoms with van der Waals surface area (Å²) in [6, 6.07) is 6.52. The molecule has 6 heteroatoms. The third-order valence-electron chi connectivity index (χ3n) is 4.88. The fourth-order valence-electron chi connectivity index (χ4n) is 3.03. The summed E-state index contributed by atoms with van der Waals surface area (Å²) in [5.41, 5.74) is 1.83. The number of nitrogens with zero attached hydrogens (tertiary/aromatic N) is 4. The van der Waals surface area contributed by atoms with E-state index < -0.39 is 0 Å². The molecule has 0 radical (unpaired) electrons. The number of hydrogen-bond donors (Lipinski definition) is 0. The molecule has 0 aliphatic heterocycles. The molecule has 2 heterocycles. The number of halogens is 1. The van der Waals surface area contributed by atoms with E-state index in [2.05, 4.69) is 22.0 Å². The fourth-order valence-corrected chi connectivity index (χ4v) is 3.03. The Morgan fingerprint density at radius 1 is 1.24 bits per heavy atom. The molecule has 3 aromatic rings. The van der Waals surface area contributed by atoms with Crippen molar-refractivity contribution in [3.63, 3.8) is 0 Å². The first-order chi connectivity index (χ1) is 12.2. The second kappa shape index (κ2) is 6.63. The van der Waals surface area contributed by atoms with E-state index in [0.717, 1.165) is 5.56 Å². The first-order valence-corrected chi connectivity index (χ1v) is 8.45. The van der Waals surface area contributed by atoms with Crippen molar-refractivity contribution in [2.75, 3.05) is 6.61 Å². The molecule has 0 amide bonds. The van der Waals surface area contributed by atoms with Gasteiger partial charge in [-0.05, 0) is 36.8 Å². The van der Waals surface area contributed by atoms with Crippen molar-refractivity contribution in [2.45, 2.75) is 19.8 Å². The molecule has 25 heavy (non-hydrogen) atoms. The van der Waals surface area contributed by atoms with Gasteiger partial charge in [-0.1, -0.05) is 19.1 Å². The summed E-state index contributed by atoms with van der Waals surface area (Å²) in [7, 11) is 0. The average Bonchev–Trinajstić information content (AvgIpc) is 3.11. The SMILES string of the molecule is C[C@@H]1CC[C@@H]1COc1cncnc1-c1cnn(-c2ccccc2F)c1. The van der Waals surface area contributed by atoms with Gasteiger partial charge in [0, 0.05) is 11.8 Å². The number of ether oxygens (including phenoxy) is 1. The van der Waals surface area contributed by atoms with Gasteiger partial charge in [-0.15, -0.1) is 0 Å². The maximum Gasteiger partial charge on any atom is 0.163 e. The quantitative estimate of drug-likeness (QED) is 0.708. The predicted octanol–water partition coefficient (Wildman–Crippen LogP) is 3.89. The Bertz CT molecular complexity index is 879. The highest BCUT2D eigenvalue weighted by molar-refractivity contribution is 5.64. The van der Waals surface area contributed by atoms with Crippen LogP contribution in [0.15, 0.2) is 49.2 Å². The Balaban J connectivity index is 1.59. The molecule has 0 unspecified atom stereocenters. The lowest BCUT2D eigenvalue weighted by atomic mass is 9.75. The zero-order valence-electron chi connectivity index (χ0n) is 14.0. The summed E-state index contributed by atoms with van der Waals surface area (Å²) in [4.78, 5) is 8.40. The lowest BCUT2D eigenvalue weighted by Gasteiger charge is -2.33. The second-order valence-corrected chi connectivity index (χ2v) is 6.49. The van der Waals surface area contributed by atoms with Gasteiger partial charge >= 0.3 is 0 Å². The minimum absolute atomic E-state index is 0.324. The summed E-state index contributed by atoms with van der Waals surface area (Å²) in [5.74, 6) is 1.61. The molecule has 1 fully saturated rings. The van der Waals surface area contributed by atoms with Crippen molar-refractivity contribution >= 4 is 0 Å². The van der Waals surface area contributed by atoms with Gasteiger partial charge in [0.15, 0.2) is 5.75 Å². The van der Waals surface area contributed by atoms with E-state index in [9.17, 15) is 4.39 Å². The molecule has 1 aliphatic carbocycles. The van der Waals surface area contributed by atoms with Crippen molar-refractivity contribution in [3.8, 4) is 22.7 Å². The summed E-state index contributed by atoms with van der Waals surface area (Å²) < 4.78 is 21.4. The van der Waals surface area contributed by atoms with Gasteiger partial charge in [0.05, 0.1) is 19.0 Å². The van der Waals surface area contributed by atoms with Crippen molar-refractivity contribution in [1.82, 2.24) is 19.7 Å². The van der Waals surface area contributed by atoms with Crippen molar-refractivity contribution < 1.29 is 9.13 Å². The summed E-state index contributed by atoms with van der Waals surface area (Å²) in [6.07, 6.45) is 9.03. The normalized spacial score (nSPS) is 19.4. The predicted molar refractivity (Wildman–Crippen MR) is 91.9 cm³/mol. The Labute approximate surface area is 145 Å². The number of hydrogen-bond acceptors (Lipinski definition) is 4. The fraction of sp³-hybridized carbons (Fsp3) is 0.316. The number of aromatic nitrogens is 4. The molecule has 2 atom stereocenters. The zero-order valence-corrected chi connectivity index (χ0v) is 14.0. The van der Waals surface area contributed by atoms with Crippen LogP contribution in [-0.2, 0) is 0 Å². The molecule has 0 bridgehead atoms. The van der Waals surface area contributed by atoms with Gasteiger partial charge in [-0.3, -0.25) is 0 Å². The van der Waals surface area contributed by atoms with Crippen LogP contribution in [-0.4, -0.2) is 26.4 Å². The Hall–Kier alpha value is -2.76. The smallest absolute Gasteiger partial charge is 0.163 e. The Morgan fingerprint density at radius 2 is 2.12 bits per heavy atom. The maximum absolute atomic E-state index is 13.9. The molecule has 4 rings (SSSR count). The van der Waals surface area contributed by atoms with Gasteiger partial charge < -0.3 is 4.74 Å². The molecule has 0 N–H and O–H groups in total. The maximum atomic E-state index is 13.9. The topological polar surface area (TPSA) is 52.8 Å². The van der Waals surface area contributed by atoms with Crippen LogP contribution in [0.2, 0.25) is 0 Å². The minimum Gasteiger partial charge on any atom is -0.489 e. The van der Waals surface area contributed by atoms with Gasteiger partial charge in [0.2, 0.25) is 0 Å². The Kier molecular flexibility index (Phi) is 4.17. The van der Waals surface area contributed by atoms with Crippen LogP contribution in [0.25, 0.3) is 16.9 Å². The first kappa shape index (κ1) is 15.7. The molecule has 0 saturated heterocycles. The highest BCUT2D eigenvalue weighted by Gasteiger charge is 2.27. The first-order valence-electron chi connectivity index (χ1n) is 8.45. The van der Waals surface area contributed by atoms with Gasteiger partial charge in [-0.2, -0.15) is 5.10 Å². The van der Waals surface area contributed by atoms with Crippen LogP contribution in [0.3, 0.4) is 0 Å². The third kappa shape index (κ3) is 3.12. The van der Waals surface area contributed by atoms with Crippen LogP contribution >= 0.6 is 0 Å². The zero-order chi connectivity index (χ0) is 17.2. The highest BCUT2D eigenvalue weighted by atomic mass is 19.1. The number of benzene rings is 1. The second-order valence-electron chi connectivity index (χ2n) is 6.49. The number of para-hydroxylation sites is 1. The molecule has 128 valence electrons. The van der Waals surface area contributed by atoms with Crippen LogP contribution in [0.1, 0.15) is 19.8 Å². The minimum atomic E-state index is -0.324. The van der Waals surface area contributed by atoms with E-state index in [0.29, 0.717) is 35.6 Å². The standard InChI is InChI=1S/C19H19FN4O/c1-13-6-7-14(13)11-25-18-9-21-12-22-19(18)15-8-23-24(10-15)17-5-3-2-4-16(17)20/h2-5,8-10,12-14H,6-7,11H2,1H3/t13-,14-/m1/s1. The van der Waals surface area contributed by atoms with Crippen LogP contribution < -0.4 is 4.74 Å². The molecular weight excluding hydrogens is 319 g/mol. The van der Waals surface area contributed by atoms with Crippen LogP contribution in [0.5, 0.6) is 5.75 Å². The number of rotatable bonds is 5. The largest absolute Gasteiger partial charge is 0.489 e. The van der Waals surface area contributed by atoms with E-state index in [-0.39, 0.29) is 5.82 Å². The molecule has 2 aromatic heterocycles. The third-order valence-corrected chi connectivity index (χ3v) is 4.88. The molecular formula is C19H19FN4O. The van der Waals surface area contributed by atoms with Crippen LogP contribution in [0, 0.1) is 17.7 Å². The van der Waals surface area contributed by atoms with Gasteiger partial charge in [0.1, 0.15) is 23.5 Å². The highest BCUT2D eigenvalue weighted by Crippen LogP contribution is 2.35. The van der Waals surface area contributed by atoms with E-state index in [1.165, 1.54) is 29.9 Å². The molecule has 5 nitrogen and oxygen atoms in total. The van der Waals surface area contributed by atoms with Crippen molar-refractivity contribution in [1.29, 1.82) is 0 Å². The van der Waals surface area contributed by atoms with E-state index in [1.54, 1.807) is 36.8 Å². The molecule has 1 aromatic carbocycles. The van der Waals surface area contributed by atoms with E-state index >= 15 is 0 Å². The summed E-state index contributed by atoms with van der Waals surface area (Å²) in [6.45, 7) is 2.92. The Morgan fingerprint density at radius 3 is 2.88 bits per heavy atom. The van der Waals surface area contributed by atoms with Crippen molar-refractivity contribution in [3.05, 3.63) is 55.0 Å². The van der Waals surface area contributed by atoms with Gasteiger partial charge in [-0.25, -0.2) is 19.0 Å². The van der Waals surface area contributed by atoms with E-state index in [1.807, 2.05) is 0 Å². The van der Waals surface area contributed by atoms with Crippen molar-refractivity contribution in [2.24, 2.45) is 11.8 Å². The summed E-state index contributed by atoms with van der Waals surface area (Å²) >= 11 is 0. The molecule has 0 spiro atoms. The lowest BCUT2D eigenvalue weighted by Crippen LogP contribution is -2.28. The molecule has 1 aliphatic rings. The van der Waals surface area contributed by atoms with E-state index in [4.69, 9.17) is 4.74 Å². The monoisotopic (exact) mass is 338 g/mol. The lowest BCUT2D eigenvalue weighted by molar-refractivity contribution is 0.116. The summed E-state index contributed by atoms with van der Waals surface area (Å²) in [5, 5.41) is 4.26. The molecule has 1 saturated carbocycles. The van der Waals surface area contributed by atoms with Gasteiger partial charge in [0.25, 0.3) is 0 Å².